The molecule has 0 aromatic rings. The molecular weight excluding hydrogens is 200 g/mol. The van der Waals surface area contributed by atoms with Crippen LogP contribution in [-0.2, 0) is 4.74 Å². The van der Waals surface area contributed by atoms with Crippen molar-refractivity contribution >= 4 is 0 Å². The smallest absolute Gasteiger partial charge is 0.0589 e. The second kappa shape index (κ2) is 10.1. The summed E-state index contributed by atoms with van der Waals surface area (Å²) >= 11 is 0. The highest BCUT2D eigenvalue weighted by molar-refractivity contribution is 4.69. The van der Waals surface area contributed by atoms with E-state index in [9.17, 15) is 0 Å². The molecule has 0 radical (unpaired) electrons. The minimum atomic E-state index is 0.315. The number of rotatable bonds is 10. The van der Waals surface area contributed by atoms with Crippen LogP contribution in [0.25, 0.3) is 0 Å². The number of methoxy groups -OCH3 is 1. The maximum atomic E-state index is 6.13. The molecule has 0 aliphatic carbocycles. The van der Waals surface area contributed by atoms with Crippen molar-refractivity contribution < 1.29 is 4.74 Å². The minimum Gasteiger partial charge on any atom is -0.383 e. The molecule has 3 nitrogen and oxygen atoms in total. The Morgan fingerprint density at radius 2 is 1.94 bits per heavy atom. The molecule has 98 valence electrons. The summed E-state index contributed by atoms with van der Waals surface area (Å²) in [5, 5.41) is 0. The zero-order chi connectivity index (χ0) is 12.4. The summed E-state index contributed by atoms with van der Waals surface area (Å²) in [7, 11) is 1.75. The van der Waals surface area contributed by atoms with Gasteiger partial charge in [0.1, 0.15) is 0 Å². The Labute approximate surface area is 101 Å². The van der Waals surface area contributed by atoms with Gasteiger partial charge in [0.15, 0.2) is 0 Å². The zero-order valence-electron chi connectivity index (χ0n) is 11.5. The van der Waals surface area contributed by atoms with Crippen LogP contribution in [0.1, 0.15) is 40.0 Å². The summed E-state index contributed by atoms with van der Waals surface area (Å²) in [6.45, 7) is 10.6. The van der Waals surface area contributed by atoms with Gasteiger partial charge in [-0.3, -0.25) is 4.90 Å². The van der Waals surface area contributed by atoms with Gasteiger partial charge in [-0.15, -0.1) is 0 Å². The van der Waals surface area contributed by atoms with Gasteiger partial charge in [0, 0.05) is 32.8 Å². The summed E-state index contributed by atoms with van der Waals surface area (Å²) in [5.41, 5.74) is 6.13. The van der Waals surface area contributed by atoms with Crippen LogP contribution in [0, 0.1) is 5.92 Å². The van der Waals surface area contributed by atoms with Crippen LogP contribution in [-0.4, -0.2) is 44.3 Å². The lowest BCUT2D eigenvalue weighted by Crippen LogP contribution is -2.40. The second-order valence-corrected chi connectivity index (χ2v) is 5.05. The first-order valence-electron chi connectivity index (χ1n) is 6.57. The van der Waals surface area contributed by atoms with Crippen LogP contribution in [0.3, 0.4) is 0 Å². The molecular formula is C13H30N2O. The van der Waals surface area contributed by atoms with Crippen molar-refractivity contribution in [3.05, 3.63) is 0 Å². The van der Waals surface area contributed by atoms with E-state index in [1.54, 1.807) is 7.11 Å². The van der Waals surface area contributed by atoms with Gasteiger partial charge in [-0.25, -0.2) is 0 Å². The lowest BCUT2D eigenvalue weighted by molar-refractivity contribution is 0.135. The summed E-state index contributed by atoms with van der Waals surface area (Å²) in [5.74, 6) is 0.690. The van der Waals surface area contributed by atoms with Crippen molar-refractivity contribution in [1.29, 1.82) is 0 Å². The molecule has 0 rings (SSSR count). The molecule has 0 heterocycles. The SMILES string of the molecule is CCCCC(N)CN(CCOC)CC(C)C. The predicted molar refractivity (Wildman–Crippen MR) is 70.7 cm³/mol. The quantitative estimate of drug-likeness (QED) is 0.625. The molecule has 0 spiro atoms. The fraction of sp³-hybridized carbons (Fsp3) is 1.00. The van der Waals surface area contributed by atoms with E-state index >= 15 is 0 Å². The van der Waals surface area contributed by atoms with E-state index in [-0.39, 0.29) is 0 Å². The third kappa shape index (κ3) is 9.13. The topological polar surface area (TPSA) is 38.5 Å². The third-order valence-corrected chi connectivity index (χ3v) is 2.66. The van der Waals surface area contributed by atoms with E-state index in [0.717, 1.165) is 32.7 Å². The Hall–Kier alpha value is -0.120. The largest absolute Gasteiger partial charge is 0.383 e. The van der Waals surface area contributed by atoms with Crippen LogP contribution in [0.4, 0.5) is 0 Å². The van der Waals surface area contributed by atoms with E-state index in [1.807, 2.05) is 0 Å². The van der Waals surface area contributed by atoms with Crippen molar-refractivity contribution in [2.75, 3.05) is 33.4 Å². The Morgan fingerprint density at radius 1 is 1.25 bits per heavy atom. The Balaban J connectivity index is 3.87. The number of nitrogens with zero attached hydrogens (tertiary/aromatic N) is 1. The van der Waals surface area contributed by atoms with E-state index in [1.165, 1.54) is 12.8 Å². The molecule has 0 amide bonds. The van der Waals surface area contributed by atoms with Gasteiger partial charge < -0.3 is 10.5 Å². The van der Waals surface area contributed by atoms with Crippen LogP contribution < -0.4 is 5.73 Å². The van der Waals surface area contributed by atoms with Crippen molar-refractivity contribution in [1.82, 2.24) is 4.90 Å². The monoisotopic (exact) mass is 230 g/mol. The molecule has 3 heteroatoms. The summed E-state index contributed by atoms with van der Waals surface area (Å²) < 4.78 is 5.13. The van der Waals surface area contributed by atoms with E-state index in [4.69, 9.17) is 10.5 Å². The number of ether oxygens (including phenoxy) is 1. The van der Waals surface area contributed by atoms with Gasteiger partial charge in [0.2, 0.25) is 0 Å². The molecule has 0 bridgehead atoms. The highest BCUT2D eigenvalue weighted by Crippen LogP contribution is 2.04. The molecule has 0 fully saturated rings. The standard InChI is InChI=1S/C13H30N2O/c1-5-6-7-13(14)11-15(8-9-16-4)10-12(2)3/h12-13H,5-11,14H2,1-4H3. The summed E-state index contributed by atoms with van der Waals surface area (Å²) in [6, 6.07) is 0.315. The number of hydrogen-bond acceptors (Lipinski definition) is 3. The Kier molecular flexibility index (Phi) is 9.99. The molecule has 0 aromatic carbocycles. The molecule has 0 saturated heterocycles. The van der Waals surface area contributed by atoms with Gasteiger partial charge in [0.05, 0.1) is 6.61 Å². The van der Waals surface area contributed by atoms with Crippen LogP contribution >= 0.6 is 0 Å². The average Bonchev–Trinajstić information content (AvgIpc) is 2.22. The van der Waals surface area contributed by atoms with Gasteiger partial charge in [-0.1, -0.05) is 33.6 Å². The van der Waals surface area contributed by atoms with Crippen molar-refractivity contribution in [2.45, 2.75) is 46.1 Å². The highest BCUT2D eigenvalue weighted by atomic mass is 16.5. The fourth-order valence-corrected chi connectivity index (χ4v) is 1.88. The molecule has 0 aliphatic heterocycles. The Bertz CT molecular complexity index is 151. The first kappa shape index (κ1) is 15.9. The first-order valence-corrected chi connectivity index (χ1v) is 6.57. The van der Waals surface area contributed by atoms with Gasteiger partial charge in [-0.05, 0) is 12.3 Å². The van der Waals surface area contributed by atoms with Crippen LogP contribution in [0.5, 0.6) is 0 Å². The van der Waals surface area contributed by atoms with Crippen molar-refractivity contribution in [2.24, 2.45) is 11.7 Å². The normalized spacial score (nSPS) is 13.7. The molecule has 0 saturated carbocycles. The van der Waals surface area contributed by atoms with Crippen molar-refractivity contribution in [3.63, 3.8) is 0 Å². The molecule has 0 aromatic heterocycles. The summed E-state index contributed by atoms with van der Waals surface area (Å²) in [6.07, 6.45) is 3.61. The first-order chi connectivity index (χ1) is 7.60. The number of hydrogen-bond donors (Lipinski definition) is 1. The molecule has 2 N–H and O–H groups in total. The second-order valence-electron chi connectivity index (χ2n) is 5.05. The van der Waals surface area contributed by atoms with Gasteiger partial charge >= 0.3 is 0 Å². The maximum Gasteiger partial charge on any atom is 0.0589 e. The summed E-state index contributed by atoms with van der Waals surface area (Å²) in [4.78, 5) is 2.43. The highest BCUT2D eigenvalue weighted by Gasteiger charge is 2.11. The molecule has 1 unspecified atom stereocenters. The number of nitrogens with two attached hydrogens (primary N) is 1. The van der Waals surface area contributed by atoms with Crippen LogP contribution in [0.2, 0.25) is 0 Å². The number of unbranched alkanes of at least 4 members (excludes halogenated alkanes) is 1. The predicted octanol–water partition coefficient (Wildman–Crippen LogP) is 2.11. The van der Waals surface area contributed by atoms with E-state index in [0.29, 0.717) is 12.0 Å². The van der Waals surface area contributed by atoms with Gasteiger partial charge in [0.25, 0.3) is 0 Å². The average molecular weight is 230 g/mol. The molecule has 16 heavy (non-hydrogen) atoms. The van der Waals surface area contributed by atoms with Crippen LogP contribution in [0.15, 0.2) is 0 Å². The lowest BCUT2D eigenvalue weighted by Gasteiger charge is -2.26. The van der Waals surface area contributed by atoms with Gasteiger partial charge in [-0.2, -0.15) is 0 Å². The van der Waals surface area contributed by atoms with E-state index < -0.39 is 0 Å². The Morgan fingerprint density at radius 3 is 2.44 bits per heavy atom. The molecule has 1 atom stereocenters. The lowest BCUT2D eigenvalue weighted by atomic mass is 10.1. The molecule has 0 aliphatic rings. The van der Waals surface area contributed by atoms with Crippen molar-refractivity contribution in [3.8, 4) is 0 Å². The third-order valence-electron chi connectivity index (χ3n) is 2.66. The maximum absolute atomic E-state index is 6.13. The zero-order valence-corrected chi connectivity index (χ0v) is 11.5. The fourth-order valence-electron chi connectivity index (χ4n) is 1.88. The minimum absolute atomic E-state index is 0.315. The van der Waals surface area contributed by atoms with E-state index in [2.05, 4.69) is 25.7 Å².